The van der Waals surface area contributed by atoms with Gasteiger partial charge in [0.2, 0.25) is 21.3 Å². The summed E-state index contributed by atoms with van der Waals surface area (Å²) in [6.07, 6.45) is -6.56. The number of carbonyl (C=O) groups excluding carboxylic acids is 6. The SMILES string of the molecule is O=C(O)CCCCCC(C(=O)O)(C(=O)C1(S(=O)(=O)O)CC(=O)NC1=O)C(=O)C1(S(=O)(=O)O)CC(=O)NC1=O. The average Bonchev–Trinajstić information content (AvgIpc) is 3.24. The van der Waals surface area contributed by atoms with Gasteiger partial charge in [-0.1, -0.05) is 12.8 Å². The number of carboxylic acid groups (broad SMARTS) is 2. The summed E-state index contributed by atoms with van der Waals surface area (Å²) in [6, 6.07) is 0. The van der Waals surface area contributed by atoms with Gasteiger partial charge in [0.05, 0.1) is 12.8 Å². The summed E-state index contributed by atoms with van der Waals surface area (Å²) in [5, 5.41) is 21.5. The third-order valence-corrected chi connectivity index (χ3v) is 9.05. The first-order chi connectivity index (χ1) is 17.2. The van der Waals surface area contributed by atoms with Crippen LogP contribution >= 0.6 is 0 Å². The van der Waals surface area contributed by atoms with Crippen LogP contribution in [0.2, 0.25) is 0 Å². The number of rotatable bonds is 13. The molecule has 0 spiro atoms. The van der Waals surface area contributed by atoms with Crippen molar-refractivity contribution in [2.45, 2.75) is 54.4 Å². The Morgan fingerprint density at radius 2 is 1.13 bits per heavy atom. The van der Waals surface area contributed by atoms with Gasteiger partial charge in [-0.2, -0.15) is 16.8 Å². The summed E-state index contributed by atoms with van der Waals surface area (Å²) in [7, 11) is -12.2. The monoisotopic (exact) mass is 584 g/mol. The molecule has 38 heavy (non-hydrogen) atoms. The molecule has 2 aliphatic heterocycles. The minimum atomic E-state index is -6.10. The van der Waals surface area contributed by atoms with Crippen LogP contribution in [0.3, 0.4) is 0 Å². The van der Waals surface area contributed by atoms with Crippen molar-refractivity contribution in [3.63, 3.8) is 0 Å². The molecule has 0 aromatic heterocycles. The zero-order valence-electron chi connectivity index (χ0n) is 19.0. The Labute approximate surface area is 212 Å². The van der Waals surface area contributed by atoms with E-state index in [4.69, 9.17) is 5.11 Å². The molecule has 2 aliphatic rings. The lowest BCUT2D eigenvalue weighted by Crippen LogP contribution is -2.68. The molecule has 2 unspecified atom stereocenters. The van der Waals surface area contributed by atoms with E-state index >= 15 is 0 Å². The number of aliphatic carboxylic acids is 2. The lowest BCUT2D eigenvalue weighted by atomic mass is 9.66. The van der Waals surface area contributed by atoms with Gasteiger partial charge in [-0.3, -0.25) is 58.1 Å². The Kier molecular flexibility index (Phi) is 7.99. The van der Waals surface area contributed by atoms with Crippen LogP contribution in [0.5, 0.6) is 0 Å². The van der Waals surface area contributed by atoms with E-state index in [-0.39, 0.29) is 12.8 Å². The predicted octanol–water partition coefficient (Wildman–Crippen LogP) is -3.42. The summed E-state index contributed by atoms with van der Waals surface area (Å²) in [5.74, 6) is -16.3. The molecule has 4 amide bonds. The molecule has 0 aromatic rings. The quantitative estimate of drug-likeness (QED) is 0.0531. The van der Waals surface area contributed by atoms with Crippen LogP contribution in [0, 0.1) is 5.41 Å². The molecule has 20 heteroatoms. The minimum Gasteiger partial charge on any atom is -0.481 e. The number of imide groups is 2. The zero-order valence-corrected chi connectivity index (χ0v) is 20.6. The molecule has 2 atom stereocenters. The highest BCUT2D eigenvalue weighted by Crippen LogP contribution is 2.45. The summed E-state index contributed by atoms with van der Waals surface area (Å²) in [6.45, 7) is 0. The minimum absolute atomic E-state index is 0.210. The van der Waals surface area contributed by atoms with Crippen molar-refractivity contribution in [2.75, 3.05) is 0 Å². The molecule has 2 heterocycles. The third-order valence-electron chi connectivity index (χ3n) is 6.26. The molecule has 0 radical (unpaired) electrons. The number of amides is 4. The molecular formula is C18H20N2O16S2. The Bertz CT molecular complexity index is 1300. The van der Waals surface area contributed by atoms with E-state index in [1.165, 1.54) is 10.6 Å². The van der Waals surface area contributed by atoms with Crippen molar-refractivity contribution in [3.8, 4) is 0 Å². The summed E-state index contributed by atoms with van der Waals surface area (Å²) in [4.78, 5) is 99.4. The van der Waals surface area contributed by atoms with E-state index in [1.54, 1.807) is 0 Å². The number of unbranched alkanes of at least 4 members (excludes halogenated alkanes) is 2. The van der Waals surface area contributed by atoms with Crippen molar-refractivity contribution < 1.29 is 74.5 Å². The van der Waals surface area contributed by atoms with E-state index in [9.17, 15) is 69.4 Å². The highest BCUT2D eigenvalue weighted by atomic mass is 32.2. The van der Waals surface area contributed by atoms with Crippen LogP contribution in [-0.4, -0.2) is 92.8 Å². The van der Waals surface area contributed by atoms with Crippen molar-refractivity contribution >= 4 is 67.4 Å². The van der Waals surface area contributed by atoms with Crippen molar-refractivity contribution in [3.05, 3.63) is 0 Å². The van der Waals surface area contributed by atoms with Crippen LogP contribution in [0.25, 0.3) is 0 Å². The second-order valence-corrected chi connectivity index (χ2v) is 11.8. The number of carbonyl (C=O) groups is 8. The van der Waals surface area contributed by atoms with E-state index in [1.807, 2.05) is 0 Å². The molecule has 0 aromatic carbocycles. The largest absolute Gasteiger partial charge is 0.481 e. The summed E-state index contributed by atoms with van der Waals surface area (Å²) in [5.41, 5.74) is -4.06. The van der Waals surface area contributed by atoms with Gasteiger partial charge in [0, 0.05) is 6.42 Å². The van der Waals surface area contributed by atoms with Gasteiger partial charge in [0.25, 0.3) is 32.1 Å². The second-order valence-electron chi connectivity index (χ2n) is 8.54. The van der Waals surface area contributed by atoms with Crippen molar-refractivity contribution in [2.24, 2.45) is 5.41 Å². The van der Waals surface area contributed by atoms with Crippen LogP contribution in [-0.2, 0) is 58.6 Å². The molecule has 18 nitrogen and oxygen atoms in total. The molecule has 0 saturated carbocycles. The van der Waals surface area contributed by atoms with Crippen molar-refractivity contribution in [1.82, 2.24) is 10.6 Å². The van der Waals surface area contributed by atoms with Crippen LogP contribution in [0.1, 0.15) is 44.9 Å². The fourth-order valence-electron chi connectivity index (χ4n) is 4.34. The molecular weight excluding hydrogens is 564 g/mol. The maximum Gasteiger partial charge on any atom is 0.325 e. The lowest BCUT2D eigenvalue weighted by molar-refractivity contribution is -0.163. The van der Waals surface area contributed by atoms with E-state index < -0.39 is 114 Å². The van der Waals surface area contributed by atoms with Gasteiger partial charge in [-0.15, -0.1) is 0 Å². The first-order valence-corrected chi connectivity index (χ1v) is 13.3. The molecule has 210 valence electrons. The number of carboxylic acids is 2. The third kappa shape index (κ3) is 4.59. The summed E-state index contributed by atoms with van der Waals surface area (Å²) < 4.78 is 60.6. The van der Waals surface area contributed by atoms with Crippen LogP contribution in [0.15, 0.2) is 0 Å². The summed E-state index contributed by atoms with van der Waals surface area (Å²) >= 11 is 0. The van der Waals surface area contributed by atoms with Crippen LogP contribution in [0.4, 0.5) is 0 Å². The fourth-order valence-corrected chi connectivity index (χ4v) is 6.35. The Morgan fingerprint density at radius 3 is 1.39 bits per heavy atom. The van der Waals surface area contributed by atoms with E-state index in [0.29, 0.717) is 0 Å². The van der Waals surface area contributed by atoms with Gasteiger partial charge in [0.15, 0.2) is 17.0 Å². The number of Topliss-reactive ketones (excluding diaryl/α,β-unsaturated/α-hetero) is 2. The first-order valence-electron chi connectivity index (χ1n) is 10.4. The maximum absolute atomic E-state index is 13.7. The fraction of sp³-hybridized carbons (Fsp3) is 0.556. The smallest absolute Gasteiger partial charge is 0.325 e. The highest BCUT2D eigenvalue weighted by Gasteiger charge is 2.76. The number of nitrogens with one attached hydrogen (secondary N) is 2. The van der Waals surface area contributed by atoms with Gasteiger partial charge in [0.1, 0.15) is 0 Å². The van der Waals surface area contributed by atoms with Gasteiger partial charge in [-0.05, 0) is 12.8 Å². The van der Waals surface area contributed by atoms with Crippen molar-refractivity contribution in [1.29, 1.82) is 0 Å². The maximum atomic E-state index is 13.7. The van der Waals surface area contributed by atoms with Gasteiger partial charge < -0.3 is 10.2 Å². The number of hydrogen-bond acceptors (Lipinski definition) is 12. The van der Waals surface area contributed by atoms with Crippen LogP contribution < -0.4 is 10.6 Å². The lowest BCUT2D eigenvalue weighted by Gasteiger charge is -2.36. The highest BCUT2D eigenvalue weighted by molar-refractivity contribution is 7.89. The number of hydrogen-bond donors (Lipinski definition) is 6. The molecule has 2 rings (SSSR count). The van der Waals surface area contributed by atoms with E-state index in [0.717, 1.165) is 0 Å². The Morgan fingerprint density at radius 1 is 0.737 bits per heavy atom. The topological polar surface area (TPSA) is 310 Å². The van der Waals surface area contributed by atoms with Gasteiger partial charge in [-0.25, -0.2) is 0 Å². The number of ketones is 2. The second kappa shape index (κ2) is 9.93. The molecule has 2 fully saturated rings. The van der Waals surface area contributed by atoms with E-state index in [2.05, 4.69) is 0 Å². The first kappa shape index (κ1) is 30.6. The normalized spacial score (nSPS) is 25.4. The predicted molar refractivity (Wildman–Crippen MR) is 115 cm³/mol. The molecule has 6 N–H and O–H groups in total. The average molecular weight is 584 g/mol. The zero-order chi connectivity index (χ0) is 29.5. The Hall–Kier alpha value is -3.62. The molecule has 0 aliphatic carbocycles. The molecule has 0 bridgehead atoms. The van der Waals surface area contributed by atoms with Gasteiger partial charge >= 0.3 is 11.9 Å². The Balaban J connectivity index is 2.89. The molecule has 2 saturated heterocycles. The standard InChI is InChI=1S/C18H20N2O16S2/c21-8-6-17(13(27)19-8,37(31,32)33)11(25)16(15(29)30,5-3-1-2-4-10(23)24)12(26)18(38(34,35)36)7-9(22)20-14(18)28/h1-7H2,(H,23,24)(H,29,30)(H,19,21,27)(H,20,22,28)(H,31,32,33)(H,34,35,36).